The van der Waals surface area contributed by atoms with Crippen molar-refractivity contribution < 1.29 is 9.90 Å². The fourth-order valence-electron chi connectivity index (χ4n) is 1.81. The topological polar surface area (TPSA) is 103 Å². The van der Waals surface area contributed by atoms with Gasteiger partial charge in [0, 0.05) is 17.3 Å². The molecule has 1 aromatic heterocycles. The standard InChI is InChI=1S/C12H11N3O2/c13-6-11-8(5-9(14)12(16)17)7-3-1-2-4-10(7)15-11/h1-4,9,15H,5,14H2,(H,16,17)/t9-/m1/s1. The van der Waals surface area contributed by atoms with E-state index in [0.29, 0.717) is 11.3 Å². The van der Waals surface area contributed by atoms with Gasteiger partial charge in [-0.2, -0.15) is 5.26 Å². The van der Waals surface area contributed by atoms with Crippen LogP contribution >= 0.6 is 0 Å². The molecule has 5 nitrogen and oxygen atoms in total. The Labute approximate surface area is 97.5 Å². The highest BCUT2D eigenvalue weighted by molar-refractivity contribution is 5.86. The van der Waals surface area contributed by atoms with Crippen LogP contribution in [0.15, 0.2) is 24.3 Å². The molecule has 0 saturated carbocycles. The van der Waals surface area contributed by atoms with Crippen LogP contribution in [0.4, 0.5) is 0 Å². The van der Waals surface area contributed by atoms with Crippen molar-refractivity contribution in [2.24, 2.45) is 5.73 Å². The number of carbonyl (C=O) groups is 1. The van der Waals surface area contributed by atoms with Gasteiger partial charge >= 0.3 is 5.97 Å². The number of aromatic nitrogens is 1. The maximum atomic E-state index is 10.7. The van der Waals surface area contributed by atoms with Crippen LogP contribution in [-0.2, 0) is 11.2 Å². The third-order valence-electron chi connectivity index (χ3n) is 2.67. The molecule has 0 bridgehead atoms. The molecule has 0 aliphatic carbocycles. The second-order valence-electron chi connectivity index (χ2n) is 3.78. The van der Waals surface area contributed by atoms with Crippen molar-refractivity contribution in [3.63, 3.8) is 0 Å². The summed E-state index contributed by atoms with van der Waals surface area (Å²) in [6, 6.07) is 8.40. The summed E-state index contributed by atoms with van der Waals surface area (Å²) < 4.78 is 0. The number of nitrogens with zero attached hydrogens (tertiary/aromatic N) is 1. The molecule has 0 radical (unpaired) electrons. The molecule has 1 atom stereocenters. The van der Waals surface area contributed by atoms with Crippen LogP contribution in [0.5, 0.6) is 0 Å². The first-order valence-electron chi connectivity index (χ1n) is 5.11. The zero-order chi connectivity index (χ0) is 12.4. The van der Waals surface area contributed by atoms with Crippen molar-refractivity contribution in [1.82, 2.24) is 4.98 Å². The van der Waals surface area contributed by atoms with Gasteiger partial charge in [0.05, 0.1) is 0 Å². The van der Waals surface area contributed by atoms with Crippen LogP contribution in [0, 0.1) is 11.3 Å². The van der Waals surface area contributed by atoms with E-state index in [2.05, 4.69) is 4.98 Å². The molecule has 0 aliphatic heterocycles. The lowest BCUT2D eigenvalue weighted by Gasteiger charge is -2.05. The summed E-state index contributed by atoms with van der Waals surface area (Å²) in [5.41, 5.74) is 7.36. The predicted molar refractivity (Wildman–Crippen MR) is 62.3 cm³/mol. The van der Waals surface area contributed by atoms with Crippen molar-refractivity contribution in [3.05, 3.63) is 35.5 Å². The molecule has 4 N–H and O–H groups in total. The van der Waals surface area contributed by atoms with E-state index in [1.54, 1.807) is 0 Å². The Bertz CT molecular complexity index is 610. The summed E-state index contributed by atoms with van der Waals surface area (Å²) >= 11 is 0. The molecule has 1 heterocycles. The molecule has 17 heavy (non-hydrogen) atoms. The minimum absolute atomic E-state index is 0.141. The lowest BCUT2D eigenvalue weighted by atomic mass is 10.0. The van der Waals surface area contributed by atoms with E-state index >= 15 is 0 Å². The summed E-state index contributed by atoms with van der Waals surface area (Å²) in [4.78, 5) is 13.7. The van der Waals surface area contributed by atoms with Gasteiger partial charge in [0.25, 0.3) is 0 Å². The van der Waals surface area contributed by atoms with Crippen LogP contribution in [0.2, 0.25) is 0 Å². The molecule has 0 saturated heterocycles. The Morgan fingerprint density at radius 1 is 1.53 bits per heavy atom. The lowest BCUT2D eigenvalue weighted by Crippen LogP contribution is -2.32. The number of nitrogens with one attached hydrogen (secondary N) is 1. The molecule has 0 aliphatic rings. The maximum Gasteiger partial charge on any atom is 0.320 e. The Morgan fingerprint density at radius 3 is 2.88 bits per heavy atom. The molecule has 0 spiro atoms. The molecule has 0 fully saturated rings. The Balaban J connectivity index is 2.51. The molecule has 2 rings (SSSR count). The zero-order valence-electron chi connectivity index (χ0n) is 8.97. The van der Waals surface area contributed by atoms with E-state index < -0.39 is 12.0 Å². The number of hydrogen-bond donors (Lipinski definition) is 3. The van der Waals surface area contributed by atoms with Gasteiger partial charge in [-0.05, 0) is 11.6 Å². The van der Waals surface area contributed by atoms with E-state index in [0.717, 1.165) is 10.9 Å². The van der Waals surface area contributed by atoms with Crippen molar-refractivity contribution >= 4 is 16.9 Å². The van der Waals surface area contributed by atoms with Gasteiger partial charge in [-0.15, -0.1) is 0 Å². The number of nitrogens with two attached hydrogens (primary N) is 1. The minimum atomic E-state index is -1.07. The van der Waals surface area contributed by atoms with Crippen molar-refractivity contribution in [1.29, 1.82) is 5.26 Å². The van der Waals surface area contributed by atoms with Gasteiger partial charge in [-0.1, -0.05) is 18.2 Å². The third-order valence-corrected chi connectivity index (χ3v) is 2.67. The maximum absolute atomic E-state index is 10.7. The van der Waals surface area contributed by atoms with Gasteiger partial charge in [0.15, 0.2) is 0 Å². The first-order chi connectivity index (χ1) is 8.13. The largest absolute Gasteiger partial charge is 0.480 e. The second kappa shape index (κ2) is 4.28. The van der Waals surface area contributed by atoms with Crippen LogP contribution in [-0.4, -0.2) is 22.1 Å². The van der Waals surface area contributed by atoms with E-state index in [4.69, 9.17) is 16.1 Å². The Kier molecular flexibility index (Phi) is 2.81. The van der Waals surface area contributed by atoms with Gasteiger partial charge in [0.1, 0.15) is 17.8 Å². The number of carboxylic acids is 1. The van der Waals surface area contributed by atoms with Crippen LogP contribution in [0.1, 0.15) is 11.3 Å². The second-order valence-corrected chi connectivity index (χ2v) is 3.78. The van der Waals surface area contributed by atoms with E-state index in [9.17, 15) is 4.79 Å². The quantitative estimate of drug-likeness (QED) is 0.730. The number of aromatic amines is 1. The molecule has 0 amide bonds. The molecular weight excluding hydrogens is 218 g/mol. The number of H-pyrrole nitrogens is 1. The number of nitriles is 1. The number of hydrogen-bond acceptors (Lipinski definition) is 3. The highest BCUT2D eigenvalue weighted by Gasteiger charge is 2.18. The average Bonchev–Trinajstić information content (AvgIpc) is 2.67. The third kappa shape index (κ3) is 1.98. The normalized spacial score (nSPS) is 12.2. The van der Waals surface area contributed by atoms with Crippen molar-refractivity contribution in [2.45, 2.75) is 12.5 Å². The van der Waals surface area contributed by atoms with Crippen LogP contribution < -0.4 is 5.73 Å². The summed E-state index contributed by atoms with van der Waals surface area (Å²) in [6.45, 7) is 0. The number of carboxylic acid groups (broad SMARTS) is 1. The van der Waals surface area contributed by atoms with Crippen LogP contribution in [0.3, 0.4) is 0 Å². The average molecular weight is 229 g/mol. The van der Waals surface area contributed by atoms with Gasteiger partial charge in [-0.25, -0.2) is 0 Å². The molecule has 5 heteroatoms. The molecule has 0 unspecified atom stereocenters. The Hall–Kier alpha value is -2.32. The molecule has 2 aromatic rings. The first kappa shape index (κ1) is 11.2. The number of para-hydroxylation sites is 1. The summed E-state index contributed by atoms with van der Waals surface area (Å²) in [7, 11) is 0. The predicted octanol–water partition coefficient (Wildman–Crippen LogP) is 0.994. The Morgan fingerprint density at radius 2 is 2.24 bits per heavy atom. The monoisotopic (exact) mass is 229 g/mol. The van der Waals surface area contributed by atoms with E-state index in [-0.39, 0.29) is 6.42 Å². The molecule has 86 valence electrons. The fourth-order valence-corrected chi connectivity index (χ4v) is 1.81. The first-order valence-corrected chi connectivity index (χ1v) is 5.11. The number of aliphatic carboxylic acids is 1. The van der Waals surface area contributed by atoms with Gasteiger partial charge < -0.3 is 15.8 Å². The summed E-state index contributed by atoms with van der Waals surface area (Å²) in [6.07, 6.45) is 0.141. The van der Waals surface area contributed by atoms with E-state index in [1.807, 2.05) is 30.3 Å². The van der Waals surface area contributed by atoms with E-state index in [1.165, 1.54) is 0 Å². The van der Waals surface area contributed by atoms with Crippen molar-refractivity contribution in [2.75, 3.05) is 0 Å². The highest BCUT2D eigenvalue weighted by atomic mass is 16.4. The lowest BCUT2D eigenvalue weighted by molar-refractivity contribution is -0.138. The van der Waals surface area contributed by atoms with Crippen LogP contribution in [0.25, 0.3) is 10.9 Å². The van der Waals surface area contributed by atoms with Crippen molar-refractivity contribution in [3.8, 4) is 6.07 Å². The highest BCUT2D eigenvalue weighted by Crippen LogP contribution is 2.22. The minimum Gasteiger partial charge on any atom is -0.480 e. The van der Waals surface area contributed by atoms with Gasteiger partial charge in [0.2, 0.25) is 0 Å². The molecule has 1 aromatic carbocycles. The number of rotatable bonds is 3. The number of benzene rings is 1. The summed E-state index contributed by atoms with van der Waals surface area (Å²) in [5, 5.41) is 18.6. The fraction of sp³-hybridized carbons (Fsp3) is 0.167. The number of fused-ring (bicyclic) bond motifs is 1. The SMILES string of the molecule is N#Cc1[nH]c2ccccc2c1C[C@@H](N)C(=O)O. The summed E-state index contributed by atoms with van der Waals surface area (Å²) in [5.74, 6) is -1.07. The smallest absolute Gasteiger partial charge is 0.320 e. The van der Waals surface area contributed by atoms with Gasteiger partial charge in [-0.3, -0.25) is 4.79 Å². The molecular formula is C12H11N3O2. The zero-order valence-corrected chi connectivity index (χ0v) is 8.97.